The van der Waals surface area contributed by atoms with E-state index in [-0.39, 0.29) is 5.54 Å². The molecule has 0 fully saturated rings. The number of aromatic nitrogens is 2. The number of para-hydroxylation sites is 3. The highest BCUT2D eigenvalue weighted by atomic mass is 15.2. The van der Waals surface area contributed by atoms with Crippen LogP contribution >= 0.6 is 0 Å². The van der Waals surface area contributed by atoms with E-state index in [1.807, 2.05) is 0 Å². The summed E-state index contributed by atoms with van der Waals surface area (Å²) in [5.41, 5.74) is 6.80. The smallest absolute Gasteiger partial charge is 0.216 e. The molecule has 146 valence electrons. The molecule has 0 bridgehead atoms. The summed E-state index contributed by atoms with van der Waals surface area (Å²) in [5, 5.41) is 0. The molecule has 0 spiro atoms. The van der Waals surface area contributed by atoms with Gasteiger partial charge in [0.2, 0.25) is 0 Å². The molecule has 1 aliphatic heterocycles. The van der Waals surface area contributed by atoms with Gasteiger partial charge in [-0.1, -0.05) is 69.3 Å². The lowest BCUT2D eigenvalue weighted by atomic mass is 9.70. The zero-order valence-electron chi connectivity index (χ0n) is 17.6. The van der Waals surface area contributed by atoms with Crippen molar-refractivity contribution in [2.45, 2.75) is 51.5 Å². The third kappa shape index (κ3) is 2.38. The Morgan fingerprint density at radius 3 is 2.17 bits per heavy atom. The number of hydrogen-bond acceptors (Lipinski definition) is 0. The predicted octanol–water partition coefficient (Wildman–Crippen LogP) is 6.61. The lowest BCUT2D eigenvalue weighted by Gasteiger charge is -2.41. The van der Waals surface area contributed by atoms with Gasteiger partial charge in [-0.05, 0) is 55.2 Å². The van der Waals surface area contributed by atoms with Gasteiger partial charge in [0.25, 0.3) is 5.82 Å². The fourth-order valence-corrected chi connectivity index (χ4v) is 5.81. The van der Waals surface area contributed by atoms with Crippen molar-refractivity contribution in [2.24, 2.45) is 0 Å². The van der Waals surface area contributed by atoms with E-state index >= 15 is 0 Å². The van der Waals surface area contributed by atoms with Crippen LogP contribution in [-0.2, 0) is 5.54 Å². The Balaban J connectivity index is 2.01. The summed E-state index contributed by atoms with van der Waals surface area (Å²) >= 11 is 0. The Kier molecular flexibility index (Phi) is 4.31. The van der Waals surface area contributed by atoms with E-state index in [9.17, 15) is 0 Å². The van der Waals surface area contributed by atoms with E-state index in [1.165, 1.54) is 33.7 Å². The highest BCUT2D eigenvalue weighted by Gasteiger charge is 2.51. The summed E-state index contributed by atoms with van der Waals surface area (Å²) in [4.78, 5) is 0. The number of rotatable bonds is 4. The molecular weight excluding hydrogens is 352 g/mol. The van der Waals surface area contributed by atoms with Crippen LogP contribution in [-0.4, -0.2) is 4.57 Å². The van der Waals surface area contributed by atoms with Crippen molar-refractivity contribution in [2.75, 3.05) is 0 Å². The minimum atomic E-state index is 0.0814. The number of imidazole rings is 1. The van der Waals surface area contributed by atoms with Gasteiger partial charge in [0.05, 0.1) is 5.56 Å². The molecule has 0 radical (unpaired) electrons. The first kappa shape index (κ1) is 18.2. The van der Waals surface area contributed by atoms with Gasteiger partial charge in [-0.15, -0.1) is 0 Å². The number of nitrogens with zero attached hydrogens (tertiary/aromatic N) is 2. The third-order valence-electron chi connectivity index (χ3n) is 7.11. The molecule has 5 rings (SSSR count). The highest BCUT2D eigenvalue weighted by Crippen LogP contribution is 2.48. The lowest BCUT2D eigenvalue weighted by Crippen LogP contribution is -2.62. The quantitative estimate of drug-likeness (QED) is 0.352. The summed E-state index contributed by atoms with van der Waals surface area (Å²) in [7, 11) is 0. The first-order chi connectivity index (χ1) is 14.3. The predicted molar refractivity (Wildman–Crippen MR) is 120 cm³/mol. The molecule has 2 heterocycles. The van der Waals surface area contributed by atoms with Gasteiger partial charge in [0, 0.05) is 5.92 Å². The molecule has 1 aromatic heterocycles. The van der Waals surface area contributed by atoms with Gasteiger partial charge in [0.15, 0.2) is 11.0 Å². The molecule has 1 unspecified atom stereocenters. The van der Waals surface area contributed by atoms with E-state index in [0.717, 1.165) is 19.3 Å². The topological polar surface area (TPSA) is 8.81 Å². The van der Waals surface area contributed by atoms with Crippen molar-refractivity contribution < 1.29 is 4.57 Å². The highest BCUT2D eigenvalue weighted by molar-refractivity contribution is 5.80. The summed E-state index contributed by atoms with van der Waals surface area (Å²) in [5.74, 6) is 1.84. The minimum Gasteiger partial charge on any atom is -0.216 e. The summed E-state index contributed by atoms with van der Waals surface area (Å²) in [6.45, 7) is 7.08. The standard InChI is InChI=1S/C27H29N2/c1-4-23-21-16-10-11-17-22(21)26-28(20-14-8-7-9-15-20)24-18-12-13-19-25(24)29(26)27(23,5-2)6-3/h7-19,23H,4-6H2,1-3H3/q+1. The molecular formula is C27H29N2+. The zero-order valence-corrected chi connectivity index (χ0v) is 17.6. The first-order valence-electron chi connectivity index (χ1n) is 11.0. The van der Waals surface area contributed by atoms with E-state index in [4.69, 9.17) is 0 Å². The second-order valence-corrected chi connectivity index (χ2v) is 8.18. The van der Waals surface area contributed by atoms with Gasteiger partial charge in [-0.25, -0.2) is 4.57 Å². The van der Waals surface area contributed by atoms with Crippen molar-refractivity contribution in [3.63, 3.8) is 0 Å². The van der Waals surface area contributed by atoms with Crippen LogP contribution in [0, 0.1) is 0 Å². The third-order valence-corrected chi connectivity index (χ3v) is 7.11. The summed E-state index contributed by atoms with van der Waals surface area (Å²) in [6.07, 6.45) is 3.39. The molecule has 0 aliphatic carbocycles. The van der Waals surface area contributed by atoms with Crippen LogP contribution in [0.25, 0.3) is 28.1 Å². The molecule has 29 heavy (non-hydrogen) atoms. The monoisotopic (exact) mass is 381 g/mol. The van der Waals surface area contributed by atoms with Crippen LogP contribution in [0.3, 0.4) is 0 Å². The molecule has 3 aromatic carbocycles. The van der Waals surface area contributed by atoms with Crippen LogP contribution in [0.5, 0.6) is 0 Å². The van der Waals surface area contributed by atoms with E-state index in [2.05, 4.69) is 109 Å². The average Bonchev–Trinajstić information content (AvgIpc) is 3.14. The van der Waals surface area contributed by atoms with E-state index in [0.29, 0.717) is 5.92 Å². The molecule has 0 saturated heterocycles. The van der Waals surface area contributed by atoms with Crippen LogP contribution in [0.2, 0.25) is 0 Å². The maximum absolute atomic E-state index is 2.69. The van der Waals surface area contributed by atoms with E-state index < -0.39 is 0 Å². The summed E-state index contributed by atoms with van der Waals surface area (Å²) in [6, 6.07) is 28.8. The Morgan fingerprint density at radius 1 is 0.793 bits per heavy atom. The Bertz CT molecular complexity index is 1170. The molecule has 2 nitrogen and oxygen atoms in total. The molecule has 2 heteroatoms. The van der Waals surface area contributed by atoms with Gasteiger partial charge in [0.1, 0.15) is 11.2 Å². The first-order valence-corrected chi connectivity index (χ1v) is 11.0. The largest absolute Gasteiger partial charge is 0.295 e. The minimum absolute atomic E-state index is 0.0814. The Morgan fingerprint density at radius 2 is 1.45 bits per heavy atom. The van der Waals surface area contributed by atoms with Gasteiger partial charge < -0.3 is 0 Å². The lowest BCUT2D eigenvalue weighted by molar-refractivity contribution is -0.740. The van der Waals surface area contributed by atoms with Crippen LogP contribution < -0.4 is 4.57 Å². The maximum atomic E-state index is 2.69. The van der Waals surface area contributed by atoms with Crippen molar-refractivity contribution >= 4 is 11.0 Å². The normalized spacial score (nSPS) is 17.1. The maximum Gasteiger partial charge on any atom is 0.295 e. The average molecular weight is 382 g/mol. The Labute approximate surface area is 173 Å². The van der Waals surface area contributed by atoms with Gasteiger partial charge in [-0.2, -0.15) is 4.57 Å². The van der Waals surface area contributed by atoms with Crippen LogP contribution in [0.15, 0.2) is 78.9 Å². The van der Waals surface area contributed by atoms with Crippen LogP contribution in [0.1, 0.15) is 51.5 Å². The van der Waals surface area contributed by atoms with Crippen molar-refractivity contribution in [1.29, 1.82) is 0 Å². The number of hydrogen-bond donors (Lipinski definition) is 0. The Hall–Kier alpha value is -2.87. The molecule has 0 amide bonds. The van der Waals surface area contributed by atoms with E-state index in [1.54, 1.807) is 0 Å². The summed E-state index contributed by atoms with van der Waals surface area (Å²) < 4.78 is 5.16. The fourth-order valence-electron chi connectivity index (χ4n) is 5.81. The molecule has 4 aromatic rings. The second kappa shape index (κ2) is 6.88. The fraction of sp³-hybridized carbons (Fsp3) is 0.296. The molecule has 0 saturated carbocycles. The molecule has 1 aliphatic rings. The van der Waals surface area contributed by atoms with Crippen LogP contribution in [0.4, 0.5) is 0 Å². The van der Waals surface area contributed by atoms with Gasteiger partial charge >= 0.3 is 0 Å². The zero-order chi connectivity index (χ0) is 20.0. The molecule has 1 atom stereocenters. The molecule has 0 N–H and O–H groups in total. The second-order valence-electron chi connectivity index (χ2n) is 8.18. The van der Waals surface area contributed by atoms with Crippen molar-refractivity contribution in [1.82, 2.24) is 4.57 Å². The van der Waals surface area contributed by atoms with Crippen molar-refractivity contribution in [3.05, 3.63) is 84.4 Å². The van der Waals surface area contributed by atoms with Crippen molar-refractivity contribution in [3.8, 4) is 17.1 Å². The SMILES string of the molecule is CCC1c2ccccc2-c2n(-c3ccccc3)c3ccccc3[n+]2C1(CC)CC. The number of benzene rings is 3. The number of fused-ring (bicyclic) bond motifs is 5. The van der Waals surface area contributed by atoms with Gasteiger partial charge in [-0.3, -0.25) is 0 Å².